The topological polar surface area (TPSA) is 33.3 Å². The van der Waals surface area contributed by atoms with Crippen molar-refractivity contribution in [1.82, 2.24) is 5.32 Å². The minimum absolute atomic E-state index is 0.411. The lowest BCUT2D eigenvalue weighted by atomic mass is 9.96. The number of hydrogen-bond acceptors (Lipinski definition) is 2. The molecule has 23 heavy (non-hydrogen) atoms. The molecule has 0 unspecified atom stereocenters. The second kappa shape index (κ2) is 6.68. The van der Waals surface area contributed by atoms with Crippen LogP contribution in [0.3, 0.4) is 0 Å². The quantitative estimate of drug-likeness (QED) is 0.797. The number of hydrogen-bond donors (Lipinski definition) is 2. The predicted molar refractivity (Wildman–Crippen MR) is 97.9 cm³/mol. The SMILES string of the molecule is S=C(Nc1ccc(OC2CCCC2)cc1)N[C@@H]1C[C@H]2CC[C@@H]1C2. The summed E-state index contributed by atoms with van der Waals surface area (Å²) in [4.78, 5) is 0. The molecule has 3 fully saturated rings. The van der Waals surface area contributed by atoms with Gasteiger partial charge < -0.3 is 15.4 Å². The molecule has 0 radical (unpaired) electrons. The highest BCUT2D eigenvalue weighted by atomic mass is 32.1. The molecule has 3 nitrogen and oxygen atoms in total. The second-order valence-corrected chi connectivity index (χ2v) is 7.84. The minimum Gasteiger partial charge on any atom is -0.490 e. The van der Waals surface area contributed by atoms with E-state index in [-0.39, 0.29) is 0 Å². The zero-order valence-electron chi connectivity index (χ0n) is 13.6. The molecule has 4 heteroatoms. The van der Waals surface area contributed by atoms with Gasteiger partial charge in [0, 0.05) is 11.7 Å². The number of benzene rings is 1. The van der Waals surface area contributed by atoms with E-state index in [0.29, 0.717) is 12.1 Å². The van der Waals surface area contributed by atoms with Crippen molar-refractivity contribution in [3.05, 3.63) is 24.3 Å². The molecule has 0 amide bonds. The van der Waals surface area contributed by atoms with Gasteiger partial charge in [-0.3, -0.25) is 0 Å². The van der Waals surface area contributed by atoms with Gasteiger partial charge in [-0.25, -0.2) is 0 Å². The fraction of sp³-hybridized carbons (Fsp3) is 0.632. The van der Waals surface area contributed by atoms with Crippen LogP contribution in [-0.2, 0) is 0 Å². The summed E-state index contributed by atoms with van der Waals surface area (Å²) in [5.74, 6) is 2.74. The molecule has 0 saturated heterocycles. The third-order valence-electron chi connectivity index (χ3n) is 5.77. The van der Waals surface area contributed by atoms with Gasteiger partial charge in [0.15, 0.2) is 5.11 Å². The van der Waals surface area contributed by atoms with Crippen molar-refractivity contribution in [3.8, 4) is 5.75 Å². The fourth-order valence-corrected chi connectivity index (χ4v) is 4.84. The van der Waals surface area contributed by atoms with Crippen molar-refractivity contribution < 1.29 is 4.74 Å². The Kier molecular flexibility index (Phi) is 4.43. The Morgan fingerprint density at radius 1 is 1.00 bits per heavy atom. The Balaban J connectivity index is 1.27. The van der Waals surface area contributed by atoms with Gasteiger partial charge in [-0.2, -0.15) is 0 Å². The summed E-state index contributed by atoms with van der Waals surface area (Å²) >= 11 is 5.48. The van der Waals surface area contributed by atoms with Crippen LogP contribution in [0.4, 0.5) is 5.69 Å². The number of fused-ring (bicyclic) bond motifs is 2. The van der Waals surface area contributed by atoms with E-state index in [1.165, 1.54) is 51.4 Å². The summed E-state index contributed by atoms with van der Waals surface area (Å²) in [6.45, 7) is 0. The predicted octanol–water partition coefficient (Wildman–Crippen LogP) is 4.48. The van der Waals surface area contributed by atoms with Crippen LogP contribution in [0.5, 0.6) is 5.75 Å². The first-order valence-electron chi connectivity index (χ1n) is 9.10. The lowest BCUT2D eigenvalue weighted by molar-refractivity contribution is 0.210. The lowest BCUT2D eigenvalue weighted by Gasteiger charge is -2.24. The van der Waals surface area contributed by atoms with Crippen LogP contribution in [0.15, 0.2) is 24.3 Å². The summed E-state index contributed by atoms with van der Waals surface area (Å²) in [5.41, 5.74) is 1.03. The fourth-order valence-electron chi connectivity index (χ4n) is 4.57. The van der Waals surface area contributed by atoms with Crippen molar-refractivity contribution in [3.63, 3.8) is 0 Å². The Morgan fingerprint density at radius 2 is 1.78 bits per heavy atom. The van der Waals surface area contributed by atoms with Gasteiger partial charge in [0.2, 0.25) is 0 Å². The molecule has 0 heterocycles. The Hall–Kier alpha value is -1.29. The summed E-state index contributed by atoms with van der Waals surface area (Å²) in [6.07, 6.45) is 10.9. The van der Waals surface area contributed by atoms with E-state index < -0.39 is 0 Å². The van der Waals surface area contributed by atoms with Crippen molar-refractivity contribution in [2.45, 2.75) is 63.5 Å². The first kappa shape index (κ1) is 15.3. The minimum atomic E-state index is 0.411. The van der Waals surface area contributed by atoms with Gasteiger partial charge >= 0.3 is 0 Å². The molecule has 3 aliphatic rings. The third-order valence-corrected chi connectivity index (χ3v) is 5.99. The van der Waals surface area contributed by atoms with Crippen molar-refractivity contribution >= 4 is 23.0 Å². The summed E-state index contributed by atoms with van der Waals surface area (Å²) < 4.78 is 6.00. The molecule has 0 aliphatic heterocycles. The highest BCUT2D eigenvalue weighted by Gasteiger charge is 2.39. The maximum Gasteiger partial charge on any atom is 0.171 e. The standard InChI is InChI=1S/C19H26N2OS/c23-19(21-18-12-13-5-6-14(18)11-13)20-15-7-9-17(10-8-15)22-16-3-1-2-4-16/h7-10,13-14,16,18H,1-6,11-12H2,(H2,20,21,23)/t13-,14+,18+/m0/s1. The Labute approximate surface area is 144 Å². The van der Waals surface area contributed by atoms with Crippen molar-refractivity contribution in [2.24, 2.45) is 11.8 Å². The largest absolute Gasteiger partial charge is 0.490 e. The number of anilines is 1. The summed E-state index contributed by atoms with van der Waals surface area (Å²) in [7, 11) is 0. The van der Waals surface area contributed by atoms with Crippen LogP contribution in [0.25, 0.3) is 0 Å². The summed E-state index contributed by atoms with van der Waals surface area (Å²) in [6, 6.07) is 8.78. The monoisotopic (exact) mass is 330 g/mol. The molecular formula is C19H26N2OS. The molecule has 1 aromatic carbocycles. The van der Waals surface area contributed by atoms with Crippen LogP contribution in [-0.4, -0.2) is 17.3 Å². The van der Waals surface area contributed by atoms with Gasteiger partial charge in [0.25, 0.3) is 0 Å². The average molecular weight is 330 g/mol. The molecule has 3 aliphatic carbocycles. The van der Waals surface area contributed by atoms with E-state index in [1.54, 1.807) is 0 Å². The first-order valence-corrected chi connectivity index (χ1v) is 9.51. The van der Waals surface area contributed by atoms with E-state index in [1.807, 2.05) is 12.1 Å². The maximum atomic E-state index is 6.00. The van der Waals surface area contributed by atoms with Gasteiger partial charge in [-0.1, -0.05) is 6.42 Å². The van der Waals surface area contributed by atoms with E-state index in [9.17, 15) is 0 Å². The van der Waals surface area contributed by atoms with Crippen LogP contribution in [0, 0.1) is 11.8 Å². The molecule has 2 N–H and O–H groups in total. The third kappa shape index (κ3) is 3.63. The van der Waals surface area contributed by atoms with Crippen molar-refractivity contribution in [2.75, 3.05) is 5.32 Å². The van der Waals surface area contributed by atoms with Crippen LogP contribution in [0.1, 0.15) is 51.4 Å². The van der Waals surface area contributed by atoms with Gasteiger partial charge in [-0.05, 0) is 93.3 Å². The van der Waals surface area contributed by atoms with Gasteiger partial charge in [0.1, 0.15) is 5.75 Å². The molecule has 2 bridgehead atoms. The van der Waals surface area contributed by atoms with Gasteiger partial charge in [0.05, 0.1) is 6.10 Å². The zero-order chi connectivity index (χ0) is 15.6. The molecule has 3 saturated carbocycles. The van der Waals surface area contributed by atoms with E-state index >= 15 is 0 Å². The number of nitrogens with one attached hydrogen (secondary N) is 2. The molecular weight excluding hydrogens is 304 g/mol. The molecule has 4 rings (SSSR count). The number of ether oxygens (including phenoxy) is 1. The van der Waals surface area contributed by atoms with Crippen LogP contribution < -0.4 is 15.4 Å². The Bertz CT molecular complexity index is 553. The molecule has 3 atom stereocenters. The van der Waals surface area contributed by atoms with Gasteiger partial charge in [-0.15, -0.1) is 0 Å². The van der Waals surface area contributed by atoms with Crippen LogP contribution in [0.2, 0.25) is 0 Å². The molecule has 0 spiro atoms. The first-order chi connectivity index (χ1) is 11.3. The zero-order valence-corrected chi connectivity index (χ0v) is 14.4. The molecule has 1 aromatic rings. The van der Waals surface area contributed by atoms with Crippen molar-refractivity contribution in [1.29, 1.82) is 0 Å². The second-order valence-electron chi connectivity index (χ2n) is 7.43. The number of thiocarbonyl (C=S) groups is 1. The normalized spacial score (nSPS) is 29.7. The summed E-state index contributed by atoms with van der Waals surface area (Å²) in [5, 5.41) is 7.59. The van der Waals surface area contributed by atoms with E-state index in [0.717, 1.165) is 28.4 Å². The van der Waals surface area contributed by atoms with Crippen LogP contribution >= 0.6 is 12.2 Å². The smallest absolute Gasteiger partial charge is 0.171 e. The van der Waals surface area contributed by atoms with E-state index in [4.69, 9.17) is 17.0 Å². The number of rotatable bonds is 4. The van der Waals surface area contributed by atoms with E-state index in [2.05, 4.69) is 22.8 Å². The maximum absolute atomic E-state index is 6.00. The lowest BCUT2D eigenvalue weighted by Crippen LogP contribution is -2.40. The molecule has 0 aromatic heterocycles. The Morgan fingerprint density at radius 3 is 2.43 bits per heavy atom. The molecule has 124 valence electrons. The highest BCUT2D eigenvalue weighted by Crippen LogP contribution is 2.44. The highest BCUT2D eigenvalue weighted by molar-refractivity contribution is 7.80. The average Bonchev–Trinajstić information content (AvgIpc) is 3.27.